The number of hydrogen-bond acceptors (Lipinski definition) is 4. The third kappa shape index (κ3) is 5.35. The molecular weight excluding hydrogens is 471 g/mol. The minimum absolute atomic E-state index is 0.0319. The number of fused-ring (bicyclic) bond motifs is 2. The molecule has 0 unspecified atom stereocenters. The van der Waals surface area contributed by atoms with E-state index >= 15 is 0 Å². The molecule has 1 fully saturated rings. The van der Waals surface area contributed by atoms with Crippen molar-refractivity contribution in [3.8, 4) is 5.75 Å². The van der Waals surface area contributed by atoms with Crippen molar-refractivity contribution in [2.75, 3.05) is 7.11 Å². The Hall–Kier alpha value is -4.13. The summed E-state index contributed by atoms with van der Waals surface area (Å²) < 4.78 is 24.4. The quantitative estimate of drug-likeness (QED) is 0.437. The van der Waals surface area contributed by atoms with Crippen molar-refractivity contribution < 1.29 is 23.5 Å². The number of nitrogens with one attached hydrogen (secondary N) is 1. The summed E-state index contributed by atoms with van der Waals surface area (Å²) >= 11 is 0. The Bertz CT molecular complexity index is 1310. The van der Waals surface area contributed by atoms with Gasteiger partial charge in [-0.05, 0) is 65.8 Å². The molecule has 0 spiro atoms. The van der Waals surface area contributed by atoms with Crippen LogP contribution in [0.25, 0.3) is 5.57 Å². The van der Waals surface area contributed by atoms with Gasteiger partial charge in [0, 0.05) is 12.6 Å². The maximum absolute atomic E-state index is 13.2. The van der Waals surface area contributed by atoms with Gasteiger partial charge in [-0.2, -0.15) is 0 Å². The van der Waals surface area contributed by atoms with Crippen molar-refractivity contribution in [3.05, 3.63) is 107 Å². The highest BCUT2D eigenvalue weighted by Gasteiger charge is 2.46. The molecule has 2 atom stereocenters. The largest absolute Gasteiger partial charge is 0.489 e. The Morgan fingerprint density at radius 2 is 1.76 bits per heavy atom. The number of ether oxygens (including phenoxy) is 2. The molecule has 37 heavy (non-hydrogen) atoms. The van der Waals surface area contributed by atoms with Crippen molar-refractivity contribution >= 4 is 17.6 Å². The van der Waals surface area contributed by atoms with E-state index in [1.54, 1.807) is 17.0 Å². The number of amides is 2. The van der Waals surface area contributed by atoms with E-state index in [0.29, 0.717) is 30.8 Å². The maximum atomic E-state index is 13.2. The number of carbonyl (C=O) groups excluding carboxylic acids is 2. The van der Waals surface area contributed by atoms with Crippen molar-refractivity contribution in [1.82, 2.24) is 10.2 Å². The van der Waals surface area contributed by atoms with Gasteiger partial charge in [-0.1, -0.05) is 54.6 Å². The van der Waals surface area contributed by atoms with E-state index in [9.17, 15) is 14.0 Å². The summed E-state index contributed by atoms with van der Waals surface area (Å²) in [5.74, 6) is -0.0312. The van der Waals surface area contributed by atoms with Gasteiger partial charge in [-0.25, -0.2) is 14.0 Å². The molecular formula is C30H29FN2O4. The van der Waals surface area contributed by atoms with Crippen LogP contribution in [0.5, 0.6) is 5.75 Å². The van der Waals surface area contributed by atoms with Crippen LogP contribution in [0.1, 0.15) is 36.0 Å². The molecule has 2 aliphatic heterocycles. The van der Waals surface area contributed by atoms with E-state index in [0.717, 1.165) is 28.7 Å². The number of carbonyl (C=O) groups is 2. The highest BCUT2D eigenvalue weighted by Crippen LogP contribution is 2.44. The number of esters is 1. The standard InChI is InChI=1S/C30H29FN2O4/c1-36-29(34)28-26(22-8-5-9-25(16-22)37-19-21-6-3-2-4-7-21)17-24-14-15-27(28)33(24)30(35)32-18-20-10-12-23(31)13-11-20/h2-13,16,24,27H,14-15,17-19H2,1H3,(H,32,35)/t24-,27+/m0/s1. The SMILES string of the molecule is COC(=O)C1=C(c2cccc(OCc3ccccc3)c2)C[C@@H]2CC[C@H]1N2C(=O)NCc1ccc(F)cc1. The fourth-order valence-electron chi connectivity index (χ4n) is 5.25. The van der Waals surface area contributed by atoms with Crippen LogP contribution in [-0.2, 0) is 22.7 Å². The van der Waals surface area contributed by atoms with E-state index in [1.165, 1.54) is 19.2 Å². The maximum Gasteiger partial charge on any atom is 0.336 e. The molecule has 1 saturated heterocycles. The van der Waals surface area contributed by atoms with Crippen molar-refractivity contribution in [2.24, 2.45) is 0 Å². The number of nitrogens with zero attached hydrogens (tertiary/aromatic N) is 1. The fraction of sp³-hybridized carbons (Fsp3) is 0.267. The minimum atomic E-state index is -0.424. The molecule has 2 aliphatic rings. The molecule has 6 nitrogen and oxygen atoms in total. The first-order chi connectivity index (χ1) is 18.0. The first-order valence-electron chi connectivity index (χ1n) is 12.4. The Morgan fingerprint density at radius 3 is 2.51 bits per heavy atom. The number of hydrogen-bond donors (Lipinski definition) is 1. The lowest BCUT2D eigenvalue weighted by Gasteiger charge is -2.37. The molecule has 0 aliphatic carbocycles. The number of urea groups is 1. The van der Waals surface area contributed by atoms with Crippen LogP contribution < -0.4 is 10.1 Å². The van der Waals surface area contributed by atoms with Gasteiger partial charge in [0.15, 0.2) is 0 Å². The molecule has 7 heteroatoms. The van der Waals surface area contributed by atoms with Crippen LogP contribution >= 0.6 is 0 Å². The van der Waals surface area contributed by atoms with Crippen LogP contribution in [0.4, 0.5) is 9.18 Å². The number of rotatable bonds is 7. The predicted molar refractivity (Wildman–Crippen MR) is 138 cm³/mol. The highest BCUT2D eigenvalue weighted by atomic mass is 19.1. The van der Waals surface area contributed by atoms with Gasteiger partial charge in [0.2, 0.25) is 0 Å². The van der Waals surface area contributed by atoms with Crippen molar-refractivity contribution in [1.29, 1.82) is 0 Å². The lowest BCUT2D eigenvalue weighted by atomic mass is 9.88. The second kappa shape index (κ2) is 10.9. The first-order valence-corrected chi connectivity index (χ1v) is 12.4. The van der Waals surface area contributed by atoms with Crippen molar-refractivity contribution in [2.45, 2.75) is 44.5 Å². The number of benzene rings is 3. The molecule has 3 aromatic rings. The van der Waals surface area contributed by atoms with Crippen LogP contribution in [0.3, 0.4) is 0 Å². The summed E-state index contributed by atoms with van der Waals surface area (Å²) in [5, 5.41) is 2.93. The summed E-state index contributed by atoms with van der Waals surface area (Å²) in [6.45, 7) is 0.723. The van der Waals surface area contributed by atoms with Crippen LogP contribution in [-0.4, -0.2) is 36.1 Å². The normalized spacial score (nSPS) is 18.5. The van der Waals surface area contributed by atoms with Gasteiger partial charge in [-0.15, -0.1) is 0 Å². The summed E-state index contributed by atoms with van der Waals surface area (Å²) in [5.41, 5.74) is 4.19. The lowest BCUT2D eigenvalue weighted by Crippen LogP contribution is -2.50. The van der Waals surface area contributed by atoms with Gasteiger partial charge in [0.25, 0.3) is 0 Å². The zero-order valence-corrected chi connectivity index (χ0v) is 20.7. The van der Waals surface area contributed by atoms with Crippen molar-refractivity contribution in [3.63, 3.8) is 0 Å². The zero-order valence-electron chi connectivity index (χ0n) is 20.7. The third-order valence-corrected chi connectivity index (χ3v) is 7.03. The second-order valence-corrected chi connectivity index (χ2v) is 9.33. The lowest BCUT2D eigenvalue weighted by molar-refractivity contribution is -0.136. The van der Waals surface area contributed by atoms with Crippen LogP contribution in [0, 0.1) is 5.82 Å². The predicted octanol–water partition coefficient (Wildman–Crippen LogP) is 5.48. The van der Waals surface area contributed by atoms with E-state index < -0.39 is 5.97 Å². The molecule has 2 bridgehead atoms. The Labute approximate surface area is 215 Å². The highest BCUT2D eigenvalue weighted by molar-refractivity contribution is 6.01. The average molecular weight is 501 g/mol. The molecule has 2 heterocycles. The summed E-state index contributed by atoms with van der Waals surface area (Å²) in [6, 6.07) is 23.1. The topological polar surface area (TPSA) is 67.9 Å². The monoisotopic (exact) mass is 500 g/mol. The van der Waals surface area contributed by atoms with E-state index in [4.69, 9.17) is 9.47 Å². The zero-order chi connectivity index (χ0) is 25.8. The minimum Gasteiger partial charge on any atom is -0.489 e. The molecule has 1 N–H and O–H groups in total. The Balaban J connectivity index is 1.37. The van der Waals surface area contributed by atoms with Crippen LogP contribution in [0.2, 0.25) is 0 Å². The van der Waals surface area contributed by atoms with Crippen LogP contribution in [0.15, 0.2) is 84.4 Å². The molecule has 3 aromatic carbocycles. The van der Waals surface area contributed by atoms with Gasteiger partial charge < -0.3 is 19.7 Å². The fourth-order valence-corrected chi connectivity index (χ4v) is 5.25. The summed E-state index contributed by atoms with van der Waals surface area (Å²) in [4.78, 5) is 28.0. The number of halogens is 1. The van der Waals surface area contributed by atoms with E-state index in [2.05, 4.69) is 5.32 Å². The first kappa shape index (κ1) is 24.6. The second-order valence-electron chi connectivity index (χ2n) is 9.33. The summed E-state index contributed by atoms with van der Waals surface area (Å²) in [6.07, 6.45) is 2.03. The molecule has 0 aromatic heterocycles. The van der Waals surface area contributed by atoms with Gasteiger partial charge >= 0.3 is 12.0 Å². The Morgan fingerprint density at radius 1 is 0.973 bits per heavy atom. The van der Waals surface area contributed by atoms with E-state index in [-0.39, 0.29) is 30.5 Å². The van der Waals surface area contributed by atoms with Gasteiger partial charge in [-0.3, -0.25) is 0 Å². The molecule has 0 saturated carbocycles. The number of methoxy groups -OCH3 is 1. The molecule has 0 radical (unpaired) electrons. The third-order valence-electron chi connectivity index (χ3n) is 7.03. The molecule has 2 amide bonds. The average Bonchev–Trinajstić information content (AvgIpc) is 3.25. The summed E-state index contributed by atoms with van der Waals surface area (Å²) in [7, 11) is 1.37. The smallest absolute Gasteiger partial charge is 0.336 e. The molecule has 5 rings (SSSR count). The molecule has 190 valence electrons. The van der Waals surface area contributed by atoms with E-state index in [1.807, 2.05) is 54.6 Å². The van der Waals surface area contributed by atoms with Gasteiger partial charge in [0.05, 0.1) is 18.7 Å². The Kier molecular flexibility index (Phi) is 7.21. The van der Waals surface area contributed by atoms with Gasteiger partial charge in [0.1, 0.15) is 18.2 Å².